The van der Waals surface area contributed by atoms with Crippen LogP contribution in [0, 0.1) is 23.7 Å². The molecule has 28 heavy (non-hydrogen) atoms. The quantitative estimate of drug-likeness (QED) is 0.823. The molecule has 5 aliphatic rings. The molecule has 5 heteroatoms. The molecule has 4 nitrogen and oxygen atoms in total. The van der Waals surface area contributed by atoms with Crippen LogP contribution < -0.4 is 5.32 Å². The van der Waals surface area contributed by atoms with Crippen molar-refractivity contribution in [2.75, 3.05) is 13.1 Å². The molecule has 4 saturated carbocycles. The number of likely N-dealkylation sites (tertiary alicyclic amines) is 1. The number of nitrogens with zero attached hydrogens (tertiary/aromatic N) is 1. The zero-order valence-electron chi connectivity index (χ0n) is 16.3. The maximum atomic E-state index is 13.0. The zero-order chi connectivity index (χ0) is 19.3. The van der Waals surface area contributed by atoms with Crippen LogP contribution in [-0.4, -0.2) is 35.3 Å². The standard InChI is InChI=1S/C23H29ClN2O2/c24-20-3-1-19(2-4-20)22(28)26-7-5-18(6-8-26)21(27)25-23-12-15-9-16(13-23)11-17(10-15)14-23/h1-4,15-18H,5-14H2,(H,25,27). The summed E-state index contributed by atoms with van der Waals surface area (Å²) in [6, 6.07) is 7.05. The van der Waals surface area contributed by atoms with Gasteiger partial charge in [-0.3, -0.25) is 9.59 Å². The fourth-order valence-corrected chi connectivity index (χ4v) is 6.87. The van der Waals surface area contributed by atoms with E-state index in [4.69, 9.17) is 11.6 Å². The van der Waals surface area contributed by atoms with Crippen molar-refractivity contribution >= 4 is 23.4 Å². The number of hydrogen-bond donors (Lipinski definition) is 1. The molecule has 1 saturated heterocycles. The minimum Gasteiger partial charge on any atom is -0.350 e. The van der Waals surface area contributed by atoms with Crippen molar-refractivity contribution in [2.24, 2.45) is 23.7 Å². The molecule has 1 heterocycles. The van der Waals surface area contributed by atoms with Gasteiger partial charge in [0.25, 0.3) is 5.91 Å². The maximum absolute atomic E-state index is 13.0. The van der Waals surface area contributed by atoms with Crippen molar-refractivity contribution in [3.05, 3.63) is 34.9 Å². The zero-order valence-corrected chi connectivity index (χ0v) is 17.1. The average molecular weight is 401 g/mol. The Morgan fingerprint density at radius 3 is 2.00 bits per heavy atom. The summed E-state index contributed by atoms with van der Waals surface area (Å²) >= 11 is 5.91. The molecule has 1 aromatic rings. The van der Waals surface area contributed by atoms with Crippen molar-refractivity contribution in [2.45, 2.75) is 56.9 Å². The van der Waals surface area contributed by atoms with Gasteiger partial charge in [0.15, 0.2) is 0 Å². The van der Waals surface area contributed by atoms with Gasteiger partial charge in [-0.15, -0.1) is 0 Å². The van der Waals surface area contributed by atoms with Crippen LogP contribution in [0.15, 0.2) is 24.3 Å². The maximum Gasteiger partial charge on any atom is 0.253 e. The summed E-state index contributed by atoms with van der Waals surface area (Å²) in [5.41, 5.74) is 0.753. The number of hydrogen-bond acceptors (Lipinski definition) is 2. The third-order valence-electron chi connectivity index (χ3n) is 7.67. The Hall–Kier alpha value is -1.55. The smallest absolute Gasteiger partial charge is 0.253 e. The number of benzene rings is 1. The van der Waals surface area contributed by atoms with E-state index in [9.17, 15) is 9.59 Å². The predicted molar refractivity (Wildman–Crippen MR) is 109 cm³/mol. The lowest BCUT2D eigenvalue weighted by Crippen LogP contribution is -2.61. The molecular formula is C23H29ClN2O2. The molecule has 0 aromatic heterocycles. The van der Waals surface area contributed by atoms with Crippen LogP contribution in [0.4, 0.5) is 0 Å². The van der Waals surface area contributed by atoms with Gasteiger partial charge in [0.05, 0.1) is 0 Å². The summed E-state index contributed by atoms with van der Waals surface area (Å²) in [5, 5.41) is 4.15. The van der Waals surface area contributed by atoms with Gasteiger partial charge in [-0.25, -0.2) is 0 Å². The van der Waals surface area contributed by atoms with E-state index < -0.39 is 0 Å². The Morgan fingerprint density at radius 1 is 0.929 bits per heavy atom. The largest absolute Gasteiger partial charge is 0.350 e. The normalized spacial score (nSPS) is 34.5. The van der Waals surface area contributed by atoms with Crippen molar-refractivity contribution in [1.82, 2.24) is 10.2 Å². The lowest BCUT2D eigenvalue weighted by Gasteiger charge is -2.57. The number of rotatable bonds is 3. The predicted octanol–water partition coefficient (Wildman–Crippen LogP) is 4.28. The molecule has 0 unspecified atom stereocenters. The molecule has 1 N–H and O–H groups in total. The van der Waals surface area contributed by atoms with Crippen LogP contribution in [0.3, 0.4) is 0 Å². The van der Waals surface area contributed by atoms with Gasteiger partial charge in [-0.05, 0) is 93.4 Å². The monoisotopic (exact) mass is 400 g/mol. The second-order valence-corrected chi connectivity index (χ2v) is 10.2. The van der Waals surface area contributed by atoms with Crippen LogP contribution in [0.2, 0.25) is 5.02 Å². The number of piperidine rings is 1. The van der Waals surface area contributed by atoms with Crippen molar-refractivity contribution in [3.8, 4) is 0 Å². The number of halogens is 1. The van der Waals surface area contributed by atoms with E-state index in [0.717, 1.165) is 30.6 Å². The van der Waals surface area contributed by atoms with Gasteiger partial charge in [0.2, 0.25) is 5.91 Å². The van der Waals surface area contributed by atoms with Crippen molar-refractivity contribution in [3.63, 3.8) is 0 Å². The third kappa shape index (κ3) is 3.45. The summed E-state index contributed by atoms with van der Waals surface area (Å²) in [7, 11) is 0. The first kappa shape index (κ1) is 18.5. The molecule has 5 fully saturated rings. The SMILES string of the molecule is O=C(NC12CC3CC(CC(C3)C1)C2)C1CCN(C(=O)c2ccc(Cl)cc2)CC1. The summed E-state index contributed by atoms with van der Waals surface area (Å²) in [6.07, 6.45) is 9.27. The van der Waals surface area contributed by atoms with E-state index in [2.05, 4.69) is 5.32 Å². The van der Waals surface area contributed by atoms with Gasteiger partial charge >= 0.3 is 0 Å². The summed E-state index contributed by atoms with van der Waals surface area (Å²) in [5.74, 6) is 2.83. The lowest BCUT2D eigenvalue weighted by atomic mass is 9.53. The fraction of sp³-hybridized carbons (Fsp3) is 0.652. The van der Waals surface area contributed by atoms with Crippen LogP contribution in [-0.2, 0) is 4.79 Å². The first-order valence-electron chi connectivity index (χ1n) is 10.9. The van der Waals surface area contributed by atoms with Crippen molar-refractivity contribution < 1.29 is 9.59 Å². The Balaban J connectivity index is 1.17. The molecule has 0 atom stereocenters. The van der Waals surface area contributed by atoms with Gasteiger partial charge in [-0.1, -0.05) is 11.6 Å². The highest BCUT2D eigenvalue weighted by Crippen LogP contribution is 2.55. The van der Waals surface area contributed by atoms with E-state index in [0.29, 0.717) is 23.7 Å². The highest BCUT2D eigenvalue weighted by Gasteiger charge is 2.51. The van der Waals surface area contributed by atoms with Gasteiger partial charge in [-0.2, -0.15) is 0 Å². The van der Waals surface area contributed by atoms with Gasteiger partial charge in [0, 0.05) is 35.1 Å². The Bertz CT molecular complexity index is 732. The van der Waals surface area contributed by atoms with Crippen LogP contribution >= 0.6 is 11.6 Å². The summed E-state index contributed by atoms with van der Waals surface area (Å²) < 4.78 is 0. The minimum atomic E-state index is 0.0385. The lowest BCUT2D eigenvalue weighted by molar-refractivity contribution is -0.132. The number of carbonyl (C=O) groups excluding carboxylic acids is 2. The molecule has 4 bridgehead atoms. The van der Waals surface area contributed by atoms with Crippen molar-refractivity contribution in [1.29, 1.82) is 0 Å². The average Bonchev–Trinajstić information content (AvgIpc) is 2.67. The second-order valence-electron chi connectivity index (χ2n) is 9.76. The van der Waals surface area contributed by atoms with Gasteiger partial charge < -0.3 is 10.2 Å². The van der Waals surface area contributed by atoms with Gasteiger partial charge in [0.1, 0.15) is 0 Å². The topological polar surface area (TPSA) is 49.4 Å². The molecule has 1 aliphatic heterocycles. The second kappa shape index (κ2) is 7.05. The first-order valence-corrected chi connectivity index (χ1v) is 11.2. The molecule has 0 radical (unpaired) electrons. The minimum absolute atomic E-state index is 0.0385. The Morgan fingerprint density at radius 2 is 1.46 bits per heavy atom. The summed E-state index contributed by atoms with van der Waals surface area (Å²) in [6.45, 7) is 1.31. The molecular weight excluding hydrogens is 372 g/mol. The molecule has 150 valence electrons. The fourth-order valence-electron chi connectivity index (χ4n) is 6.75. The van der Waals surface area contributed by atoms with E-state index >= 15 is 0 Å². The first-order chi connectivity index (χ1) is 13.5. The van der Waals surface area contributed by atoms with Crippen LogP contribution in [0.25, 0.3) is 0 Å². The molecule has 6 rings (SSSR count). The Kier molecular flexibility index (Phi) is 4.65. The van der Waals surface area contributed by atoms with E-state index in [1.807, 2.05) is 4.90 Å². The van der Waals surface area contributed by atoms with E-state index in [-0.39, 0.29) is 23.3 Å². The molecule has 2 amide bonds. The van der Waals surface area contributed by atoms with E-state index in [1.54, 1.807) is 24.3 Å². The van der Waals surface area contributed by atoms with E-state index in [1.165, 1.54) is 38.5 Å². The Labute approximate surface area is 172 Å². The highest BCUT2D eigenvalue weighted by molar-refractivity contribution is 6.30. The van der Waals surface area contributed by atoms with Crippen LogP contribution in [0.1, 0.15) is 61.7 Å². The molecule has 4 aliphatic carbocycles. The number of carbonyl (C=O) groups is 2. The summed E-state index contributed by atoms with van der Waals surface area (Å²) in [4.78, 5) is 27.6. The third-order valence-corrected chi connectivity index (χ3v) is 7.92. The van der Waals surface area contributed by atoms with Crippen LogP contribution in [0.5, 0.6) is 0 Å². The number of nitrogens with one attached hydrogen (secondary N) is 1. The number of amides is 2. The molecule has 1 aromatic carbocycles. The molecule has 0 spiro atoms. The highest BCUT2D eigenvalue weighted by atomic mass is 35.5.